The van der Waals surface area contributed by atoms with Crippen LogP contribution in [0.4, 0.5) is 4.39 Å². The Morgan fingerprint density at radius 1 is 1.30 bits per heavy atom. The van der Waals surface area contributed by atoms with Crippen molar-refractivity contribution in [2.75, 3.05) is 13.2 Å². The van der Waals surface area contributed by atoms with Crippen LogP contribution < -0.4 is 10.1 Å². The Kier molecular flexibility index (Phi) is 5.84. The summed E-state index contributed by atoms with van der Waals surface area (Å²) < 4.78 is 19.9. The summed E-state index contributed by atoms with van der Waals surface area (Å²) in [6.45, 7) is 5.61. The van der Waals surface area contributed by atoms with Gasteiger partial charge in [0.15, 0.2) is 11.6 Å². The van der Waals surface area contributed by atoms with E-state index in [1.165, 1.54) is 38.2 Å². The van der Waals surface area contributed by atoms with Crippen molar-refractivity contribution in [2.24, 2.45) is 5.92 Å². The average molecular weight is 279 g/mol. The zero-order valence-electron chi connectivity index (χ0n) is 12.6. The lowest BCUT2D eigenvalue weighted by atomic mass is 9.90. The molecule has 0 spiro atoms. The van der Waals surface area contributed by atoms with Crippen LogP contribution in [-0.4, -0.2) is 13.2 Å². The second-order valence-electron chi connectivity index (χ2n) is 5.75. The van der Waals surface area contributed by atoms with Gasteiger partial charge >= 0.3 is 0 Å². The van der Waals surface area contributed by atoms with Gasteiger partial charge < -0.3 is 10.1 Å². The lowest BCUT2D eigenvalue weighted by Gasteiger charge is -2.24. The van der Waals surface area contributed by atoms with E-state index in [0.29, 0.717) is 18.3 Å². The number of halogens is 1. The van der Waals surface area contributed by atoms with Crippen LogP contribution in [-0.2, 0) is 0 Å². The van der Waals surface area contributed by atoms with E-state index >= 15 is 0 Å². The van der Waals surface area contributed by atoms with E-state index in [9.17, 15) is 4.39 Å². The highest BCUT2D eigenvalue weighted by molar-refractivity contribution is 5.37. The van der Waals surface area contributed by atoms with Crippen molar-refractivity contribution in [2.45, 2.75) is 52.0 Å². The maximum Gasteiger partial charge on any atom is 0.165 e. The second-order valence-corrected chi connectivity index (χ2v) is 5.75. The summed E-state index contributed by atoms with van der Waals surface area (Å²) in [6, 6.07) is 5.30. The molecule has 1 atom stereocenters. The highest BCUT2D eigenvalue weighted by Gasteiger charge is 2.18. The summed E-state index contributed by atoms with van der Waals surface area (Å²) in [5, 5.41) is 3.32. The van der Waals surface area contributed by atoms with Gasteiger partial charge in [0, 0.05) is 11.6 Å². The van der Waals surface area contributed by atoms with Gasteiger partial charge in [-0.05, 0) is 38.3 Å². The molecule has 2 rings (SSSR count). The molecule has 0 aromatic heterocycles. The fourth-order valence-corrected chi connectivity index (χ4v) is 2.99. The van der Waals surface area contributed by atoms with Gasteiger partial charge in [-0.15, -0.1) is 0 Å². The first-order chi connectivity index (χ1) is 9.72. The van der Waals surface area contributed by atoms with Crippen LogP contribution in [0.3, 0.4) is 0 Å². The molecule has 0 radical (unpaired) electrons. The minimum absolute atomic E-state index is 0.108. The average Bonchev–Trinajstić information content (AvgIpc) is 2.47. The fourth-order valence-electron chi connectivity index (χ4n) is 2.99. The molecular formula is C17H26FNO. The third-order valence-corrected chi connectivity index (χ3v) is 4.16. The third-order valence-electron chi connectivity index (χ3n) is 4.16. The Balaban J connectivity index is 2.04. The molecule has 2 nitrogen and oxygen atoms in total. The van der Waals surface area contributed by atoms with Crippen LogP contribution >= 0.6 is 0 Å². The number of hydrogen-bond acceptors (Lipinski definition) is 2. The number of benzene rings is 1. The van der Waals surface area contributed by atoms with Crippen LogP contribution in [0, 0.1) is 11.7 Å². The van der Waals surface area contributed by atoms with Gasteiger partial charge in [-0.2, -0.15) is 0 Å². The second kappa shape index (κ2) is 7.63. The van der Waals surface area contributed by atoms with E-state index in [2.05, 4.69) is 12.2 Å². The predicted octanol–water partition coefficient (Wildman–Crippen LogP) is 4.46. The number of rotatable bonds is 6. The molecule has 20 heavy (non-hydrogen) atoms. The topological polar surface area (TPSA) is 21.3 Å². The predicted molar refractivity (Wildman–Crippen MR) is 80.6 cm³/mol. The number of para-hydroxylation sites is 1. The van der Waals surface area contributed by atoms with Crippen molar-refractivity contribution in [1.29, 1.82) is 0 Å². The van der Waals surface area contributed by atoms with Gasteiger partial charge in [-0.3, -0.25) is 0 Å². The Morgan fingerprint density at radius 3 is 2.75 bits per heavy atom. The van der Waals surface area contributed by atoms with Crippen LogP contribution in [0.5, 0.6) is 5.75 Å². The molecule has 1 saturated carbocycles. The Hall–Kier alpha value is -1.09. The quantitative estimate of drug-likeness (QED) is 0.830. The molecule has 1 aliphatic carbocycles. The molecule has 1 fully saturated rings. The van der Waals surface area contributed by atoms with Gasteiger partial charge in [0.05, 0.1) is 6.61 Å². The maximum atomic E-state index is 14.1. The largest absolute Gasteiger partial charge is 0.490 e. The van der Waals surface area contributed by atoms with Crippen LogP contribution in [0.15, 0.2) is 18.2 Å². The van der Waals surface area contributed by atoms with Crippen molar-refractivity contribution in [3.05, 3.63) is 29.6 Å². The van der Waals surface area contributed by atoms with E-state index in [1.807, 2.05) is 13.0 Å². The van der Waals surface area contributed by atoms with Gasteiger partial charge in [0.1, 0.15) is 0 Å². The van der Waals surface area contributed by atoms with Crippen LogP contribution in [0.2, 0.25) is 0 Å². The number of ether oxygens (including phenoxy) is 1. The zero-order chi connectivity index (χ0) is 14.4. The molecule has 0 amide bonds. The van der Waals surface area contributed by atoms with Gasteiger partial charge in [-0.1, -0.05) is 38.3 Å². The SMILES string of the molecule is CCNC(C)c1cccc(F)c1OCC1CCCCC1. The standard InChI is InChI=1S/C17H26FNO/c1-3-19-13(2)15-10-7-11-16(18)17(15)20-12-14-8-5-4-6-9-14/h7,10-11,13-14,19H,3-6,8-9,12H2,1-2H3. The van der Waals surface area contributed by atoms with E-state index in [4.69, 9.17) is 4.74 Å². The molecule has 0 aliphatic heterocycles. The molecular weight excluding hydrogens is 253 g/mol. The van der Waals surface area contributed by atoms with Crippen molar-refractivity contribution < 1.29 is 9.13 Å². The Bertz CT molecular complexity index is 415. The monoisotopic (exact) mass is 279 g/mol. The molecule has 1 unspecified atom stereocenters. The zero-order valence-corrected chi connectivity index (χ0v) is 12.6. The number of nitrogens with one attached hydrogen (secondary N) is 1. The van der Waals surface area contributed by atoms with Gasteiger partial charge in [-0.25, -0.2) is 4.39 Å². The molecule has 3 heteroatoms. The van der Waals surface area contributed by atoms with Crippen molar-refractivity contribution in [3.8, 4) is 5.75 Å². The summed E-state index contributed by atoms with van der Waals surface area (Å²) in [5.74, 6) is 0.778. The third kappa shape index (κ3) is 3.95. The summed E-state index contributed by atoms with van der Waals surface area (Å²) in [4.78, 5) is 0. The summed E-state index contributed by atoms with van der Waals surface area (Å²) in [7, 11) is 0. The van der Waals surface area contributed by atoms with Crippen molar-refractivity contribution in [1.82, 2.24) is 5.32 Å². The Labute approximate surface area is 121 Å². The lowest BCUT2D eigenvalue weighted by molar-refractivity contribution is 0.200. The first-order valence-electron chi connectivity index (χ1n) is 7.87. The molecule has 1 aliphatic rings. The van der Waals surface area contributed by atoms with E-state index < -0.39 is 0 Å². The highest BCUT2D eigenvalue weighted by atomic mass is 19.1. The van der Waals surface area contributed by atoms with Crippen LogP contribution in [0.25, 0.3) is 0 Å². The summed E-state index contributed by atoms with van der Waals surface area (Å²) in [5.41, 5.74) is 0.919. The fraction of sp³-hybridized carbons (Fsp3) is 0.647. The first kappa shape index (κ1) is 15.3. The minimum atomic E-state index is -0.247. The molecule has 1 aromatic rings. The smallest absolute Gasteiger partial charge is 0.165 e. The molecule has 112 valence electrons. The van der Waals surface area contributed by atoms with Gasteiger partial charge in [0.2, 0.25) is 0 Å². The molecule has 0 bridgehead atoms. The van der Waals surface area contributed by atoms with Crippen LogP contribution in [0.1, 0.15) is 57.6 Å². The van der Waals surface area contributed by atoms with Gasteiger partial charge in [0.25, 0.3) is 0 Å². The summed E-state index contributed by atoms with van der Waals surface area (Å²) >= 11 is 0. The van der Waals surface area contributed by atoms with Crippen molar-refractivity contribution >= 4 is 0 Å². The Morgan fingerprint density at radius 2 is 2.05 bits per heavy atom. The van der Waals surface area contributed by atoms with E-state index in [-0.39, 0.29) is 11.9 Å². The highest BCUT2D eigenvalue weighted by Crippen LogP contribution is 2.30. The lowest BCUT2D eigenvalue weighted by Crippen LogP contribution is -2.20. The molecule has 0 heterocycles. The maximum absolute atomic E-state index is 14.1. The normalized spacial score (nSPS) is 17.9. The molecule has 1 aromatic carbocycles. The minimum Gasteiger partial charge on any atom is -0.490 e. The molecule has 1 N–H and O–H groups in total. The first-order valence-corrected chi connectivity index (χ1v) is 7.87. The van der Waals surface area contributed by atoms with E-state index in [0.717, 1.165) is 12.1 Å². The van der Waals surface area contributed by atoms with Crippen molar-refractivity contribution in [3.63, 3.8) is 0 Å². The van der Waals surface area contributed by atoms with E-state index in [1.54, 1.807) is 6.07 Å². The number of hydrogen-bond donors (Lipinski definition) is 1. The summed E-state index contributed by atoms with van der Waals surface area (Å²) in [6.07, 6.45) is 6.33. The molecule has 0 saturated heterocycles.